The van der Waals surface area contributed by atoms with Crippen molar-refractivity contribution in [2.75, 3.05) is 18.1 Å². The van der Waals surface area contributed by atoms with Gasteiger partial charge in [0.15, 0.2) is 11.2 Å². The molecule has 0 aliphatic carbocycles. The number of ether oxygens (including phenoxy) is 1. The maximum atomic E-state index is 12.3. The van der Waals surface area contributed by atoms with E-state index in [0.717, 1.165) is 29.3 Å². The molecule has 4 rings (SSSR count). The molecule has 2 unspecified atom stereocenters. The van der Waals surface area contributed by atoms with Crippen molar-refractivity contribution in [2.45, 2.75) is 19.6 Å². The van der Waals surface area contributed by atoms with Crippen LogP contribution in [0.3, 0.4) is 0 Å². The van der Waals surface area contributed by atoms with Gasteiger partial charge in [-0.25, -0.2) is 4.09 Å². The second kappa shape index (κ2) is 6.72. The van der Waals surface area contributed by atoms with Crippen LogP contribution in [-0.2, 0) is 11.3 Å². The lowest BCUT2D eigenvalue weighted by molar-refractivity contribution is 0.0879. The number of nitrogens with zero attached hydrogens (tertiary/aromatic N) is 3. The fourth-order valence-electron chi connectivity index (χ4n) is 3.06. The van der Waals surface area contributed by atoms with Crippen LogP contribution in [0.4, 0.5) is 0 Å². The van der Waals surface area contributed by atoms with Crippen molar-refractivity contribution >= 4 is 45.4 Å². The number of nitrogens with one attached hydrogen (secondary N) is 1. The lowest BCUT2D eigenvalue weighted by atomic mass is 10.2. The van der Waals surface area contributed by atoms with Gasteiger partial charge in [-0.1, -0.05) is 35.3 Å². The minimum Gasteiger partial charge on any atom is -0.377 e. The van der Waals surface area contributed by atoms with Crippen LogP contribution in [0.25, 0.3) is 11.2 Å². The number of H-pyrrole nitrogens is 1. The maximum absolute atomic E-state index is 12.3. The van der Waals surface area contributed by atoms with Crippen molar-refractivity contribution < 1.29 is 4.74 Å². The van der Waals surface area contributed by atoms with Crippen LogP contribution in [0.5, 0.6) is 0 Å². The Balaban J connectivity index is 1.70. The van der Waals surface area contributed by atoms with Gasteiger partial charge in [-0.15, -0.1) is 0 Å². The first-order valence-electron chi connectivity index (χ1n) is 8.00. The van der Waals surface area contributed by atoms with Crippen LogP contribution in [-0.4, -0.2) is 43.0 Å². The molecule has 0 radical (unpaired) electrons. The Kier molecular flexibility index (Phi) is 4.58. The number of hydrogen-bond acceptors (Lipinski definition) is 3. The zero-order chi connectivity index (χ0) is 17.6. The number of aromatic nitrogens is 4. The molecule has 134 valence electrons. The molecule has 1 aliphatic heterocycles. The summed E-state index contributed by atoms with van der Waals surface area (Å²) in [6, 6.07) is 5.53. The number of benzene rings is 1. The molecule has 0 spiro atoms. The molecule has 2 atom stereocenters. The van der Waals surface area contributed by atoms with E-state index >= 15 is 0 Å². The van der Waals surface area contributed by atoms with E-state index in [1.807, 2.05) is 20.8 Å². The second-order valence-electron chi connectivity index (χ2n) is 6.11. The molecule has 1 aliphatic rings. The van der Waals surface area contributed by atoms with Crippen LogP contribution in [0, 0.1) is 0 Å². The minimum absolute atomic E-state index is 0.205. The number of aromatic amines is 1. The standard InChI is InChI=1S/C16H18Cl2N4O2S/c1-10-8-25(6-5-24-10)22-14-15(20-22)21(9-19-16(14)23)7-11-3-2-4-12(17)13(11)18/h2-4,9-10,20,25H,5-8H2,1H3. The lowest BCUT2D eigenvalue weighted by Gasteiger charge is -2.35. The predicted molar refractivity (Wildman–Crippen MR) is 103 cm³/mol. The van der Waals surface area contributed by atoms with Gasteiger partial charge in [0.2, 0.25) is 0 Å². The smallest absolute Gasteiger partial charge is 0.301 e. The molecule has 25 heavy (non-hydrogen) atoms. The van der Waals surface area contributed by atoms with E-state index in [1.165, 1.54) is 0 Å². The molecule has 3 heterocycles. The van der Waals surface area contributed by atoms with E-state index in [-0.39, 0.29) is 11.7 Å². The Hall–Kier alpha value is -1.41. The summed E-state index contributed by atoms with van der Waals surface area (Å²) in [4.78, 5) is 16.3. The average Bonchev–Trinajstić information content (AvgIpc) is 2.55. The van der Waals surface area contributed by atoms with Crippen molar-refractivity contribution in [2.24, 2.45) is 0 Å². The van der Waals surface area contributed by atoms with Crippen molar-refractivity contribution in [1.82, 2.24) is 18.7 Å². The van der Waals surface area contributed by atoms with Gasteiger partial charge < -0.3 is 9.30 Å². The molecule has 0 amide bonds. The highest BCUT2D eigenvalue weighted by atomic mass is 35.5. The zero-order valence-electron chi connectivity index (χ0n) is 13.6. The van der Waals surface area contributed by atoms with Gasteiger partial charge in [-0.2, -0.15) is 16.1 Å². The number of halogens is 2. The molecule has 1 saturated heterocycles. The highest BCUT2D eigenvalue weighted by molar-refractivity contribution is 8.15. The van der Waals surface area contributed by atoms with Crippen LogP contribution >= 0.6 is 34.3 Å². The molecule has 6 nitrogen and oxygen atoms in total. The van der Waals surface area contributed by atoms with Crippen LogP contribution in [0.1, 0.15) is 12.5 Å². The van der Waals surface area contributed by atoms with Gasteiger partial charge in [-0.3, -0.25) is 9.89 Å². The van der Waals surface area contributed by atoms with Crippen molar-refractivity contribution in [3.63, 3.8) is 0 Å². The molecule has 2 aromatic heterocycles. The normalized spacial score (nSPS) is 22.5. The fourth-order valence-corrected chi connectivity index (χ4v) is 5.70. The first-order chi connectivity index (χ1) is 12.0. The third kappa shape index (κ3) is 3.10. The Morgan fingerprint density at radius 3 is 3.08 bits per heavy atom. The summed E-state index contributed by atoms with van der Waals surface area (Å²) >= 11 is 11.9. The number of fused-ring (bicyclic) bond motifs is 1. The van der Waals surface area contributed by atoms with Crippen LogP contribution < -0.4 is 5.56 Å². The van der Waals surface area contributed by atoms with Crippen LogP contribution in [0.2, 0.25) is 10.0 Å². The summed E-state index contributed by atoms with van der Waals surface area (Å²) in [6.07, 6.45) is 1.76. The van der Waals surface area contributed by atoms with E-state index in [0.29, 0.717) is 22.1 Å². The molecular weight excluding hydrogens is 383 g/mol. The van der Waals surface area contributed by atoms with Gasteiger partial charge in [0.05, 0.1) is 29.3 Å². The summed E-state index contributed by atoms with van der Waals surface area (Å²) in [5, 5.41) is 4.37. The summed E-state index contributed by atoms with van der Waals surface area (Å²) in [6.45, 7) is 3.29. The van der Waals surface area contributed by atoms with Crippen molar-refractivity contribution in [3.8, 4) is 0 Å². The number of hydrogen-bond donors (Lipinski definition) is 2. The monoisotopic (exact) mass is 400 g/mol. The molecule has 1 fully saturated rings. The molecule has 9 heteroatoms. The largest absolute Gasteiger partial charge is 0.377 e. The lowest BCUT2D eigenvalue weighted by Crippen LogP contribution is -2.32. The molecule has 1 N–H and O–H groups in total. The van der Waals surface area contributed by atoms with Crippen LogP contribution in [0.15, 0.2) is 29.3 Å². The Morgan fingerprint density at radius 2 is 2.28 bits per heavy atom. The van der Waals surface area contributed by atoms with E-state index in [9.17, 15) is 4.79 Å². The Bertz CT molecular complexity index is 980. The van der Waals surface area contributed by atoms with Gasteiger partial charge in [0, 0.05) is 11.5 Å². The highest BCUT2D eigenvalue weighted by Gasteiger charge is 2.23. The van der Waals surface area contributed by atoms with E-state index in [4.69, 9.17) is 27.9 Å². The number of thiol groups is 1. The molecule has 1 aromatic carbocycles. The third-order valence-electron chi connectivity index (χ3n) is 4.33. The molecule has 3 aromatic rings. The zero-order valence-corrected chi connectivity index (χ0v) is 16.0. The van der Waals surface area contributed by atoms with Gasteiger partial charge >= 0.3 is 5.56 Å². The predicted octanol–water partition coefficient (Wildman–Crippen LogP) is 3.06. The van der Waals surface area contributed by atoms with Gasteiger partial charge in [0.1, 0.15) is 6.33 Å². The van der Waals surface area contributed by atoms with E-state index < -0.39 is 11.1 Å². The first-order valence-corrected chi connectivity index (χ1v) is 10.4. The minimum atomic E-state index is -0.475. The van der Waals surface area contributed by atoms with E-state index in [1.54, 1.807) is 12.4 Å². The molecular formula is C16H18Cl2N4O2S. The second-order valence-corrected chi connectivity index (χ2v) is 9.12. The quantitative estimate of drug-likeness (QED) is 0.663. The first kappa shape index (κ1) is 17.0. The fraction of sp³-hybridized carbons (Fsp3) is 0.375. The molecule has 0 bridgehead atoms. The Labute approximate surface area is 157 Å². The van der Waals surface area contributed by atoms with Crippen molar-refractivity contribution in [3.05, 3.63) is 50.5 Å². The summed E-state index contributed by atoms with van der Waals surface area (Å²) < 4.78 is 9.50. The number of rotatable bonds is 3. The summed E-state index contributed by atoms with van der Waals surface area (Å²) in [5.41, 5.74) is 2.09. The topological polar surface area (TPSA) is 64.8 Å². The molecule has 0 saturated carbocycles. The third-order valence-corrected chi connectivity index (χ3v) is 7.69. The average molecular weight is 401 g/mol. The summed E-state index contributed by atoms with van der Waals surface area (Å²) in [5.74, 6) is 1.89. The summed E-state index contributed by atoms with van der Waals surface area (Å²) in [7, 11) is 0. The van der Waals surface area contributed by atoms with Gasteiger partial charge in [0.25, 0.3) is 0 Å². The van der Waals surface area contributed by atoms with E-state index in [2.05, 4.69) is 17.0 Å². The maximum Gasteiger partial charge on any atom is 0.301 e. The van der Waals surface area contributed by atoms with Gasteiger partial charge in [-0.05, 0) is 18.6 Å². The Morgan fingerprint density at radius 1 is 1.44 bits per heavy atom. The van der Waals surface area contributed by atoms with Crippen molar-refractivity contribution in [1.29, 1.82) is 0 Å². The SMILES string of the molecule is CC1C[SH](n2[nH]c3c2c(=O)ncn3Cc2cccc(Cl)c2Cl)CCO1. The highest BCUT2D eigenvalue weighted by Crippen LogP contribution is 2.35.